The van der Waals surface area contributed by atoms with Crippen molar-refractivity contribution in [3.8, 4) is 5.88 Å². The highest BCUT2D eigenvalue weighted by atomic mass is 16.7. The molecule has 1 unspecified atom stereocenters. The summed E-state index contributed by atoms with van der Waals surface area (Å²) in [5.41, 5.74) is -10.3. The molecular weight excluding hydrogens is 494 g/mol. The highest BCUT2D eigenvalue weighted by Gasteiger charge is 2.80. The van der Waals surface area contributed by atoms with E-state index in [0.29, 0.717) is 6.92 Å². The summed E-state index contributed by atoms with van der Waals surface area (Å²) in [5, 5.41) is 44.8. The van der Waals surface area contributed by atoms with Crippen LogP contribution in [-0.4, -0.2) is 113 Å². The van der Waals surface area contributed by atoms with Crippen molar-refractivity contribution < 1.29 is 49.1 Å². The minimum Gasteiger partial charge on any atom is -0.443 e. The fraction of sp³-hybridized carbons (Fsp3) is 0.545. The molecule has 0 aliphatic carbocycles. The molecule has 4 N–H and O–H groups in total. The van der Waals surface area contributed by atoms with Gasteiger partial charge in [0.1, 0.15) is 17.7 Å². The molecule has 0 aromatic carbocycles. The van der Waals surface area contributed by atoms with Crippen LogP contribution in [-0.2, 0) is 23.9 Å². The quantitative estimate of drug-likeness (QED) is 0.282. The van der Waals surface area contributed by atoms with E-state index in [4.69, 9.17) is 9.47 Å². The predicted molar refractivity (Wildman–Crippen MR) is 122 cm³/mol. The van der Waals surface area contributed by atoms with Crippen LogP contribution in [0.3, 0.4) is 0 Å². The minimum absolute atomic E-state index is 0.0146. The molecule has 1 aliphatic heterocycles. The highest BCUT2D eigenvalue weighted by Crippen LogP contribution is 2.47. The molecule has 2 aromatic rings. The Bertz CT molecular complexity index is 1290. The third-order valence-corrected chi connectivity index (χ3v) is 6.31. The standard InChI is InChI=1S/C22H27N5O10/c1-9(28)15(32)16-20(33,10(2)29)22(35,12(4)31)21(34,11(3)30)18(37-16)36-14-8-23-13-7-24-19(27(5)6)26-17(13)25-14/h7-8,15-16,18,32-35H,1-6H3/t15?,16-,18-,20-,21+,22+/m1/s1. The van der Waals surface area contributed by atoms with E-state index < -0.39 is 64.3 Å². The van der Waals surface area contributed by atoms with Crippen molar-refractivity contribution in [2.45, 2.75) is 63.0 Å². The van der Waals surface area contributed by atoms with Gasteiger partial charge >= 0.3 is 0 Å². The van der Waals surface area contributed by atoms with Gasteiger partial charge in [-0.2, -0.15) is 9.97 Å². The van der Waals surface area contributed by atoms with Crippen LogP contribution in [0.2, 0.25) is 0 Å². The first-order chi connectivity index (χ1) is 17.0. The number of aliphatic hydroxyl groups is 4. The number of carbonyl (C=O) groups excluding carboxylic acids is 4. The van der Waals surface area contributed by atoms with Gasteiger partial charge < -0.3 is 34.8 Å². The SMILES string of the molecule is CC(=O)C(O)[C@H]1O[C@@H](Oc2cnc3cnc(N(C)C)nc3n2)[C@@](O)(C(C)=O)[C@](O)(C(C)=O)[C@@]1(O)C(C)=O. The number of fused-ring (bicyclic) bond motifs is 1. The number of carbonyl (C=O) groups is 4. The van der Waals surface area contributed by atoms with Gasteiger partial charge in [0, 0.05) is 14.1 Å². The highest BCUT2D eigenvalue weighted by molar-refractivity contribution is 6.05. The Balaban J connectivity index is 2.23. The number of anilines is 1. The number of Topliss-reactive ketones (excluding diaryl/α,β-unsaturated/α-hetero) is 4. The van der Waals surface area contributed by atoms with Crippen LogP contribution in [0.1, 0.15) is 27.7 Å². The van der Waals surface area contributed by atoms with Crippen molar-refractivity contribution in [1.82, 2.24) is 19.9 Å². The second-order valence-corrected chi connectivity index (χ2v) is 8.96. The zero-order valence-electron chi connectivity index (χ0n) is 20.9. The molecule has 0 spiro atoms. The smallest absolute Gasteiger partial charge is 0.242 e. The predicted octanol–water partition coefficient (Wildman–Crippen LogP) is -2.50. The lowest BCUT2D eigenvalue weighted by Crippen LogP contribution is -2.87. The zero-order valence-corrected chi connectivity index (χ0v) is 20.9. The number of ketones is 4. The summed E-state index contributed by atoms with van der Waals surface area (Å²) in [4.78, 5) is 68.2. The molecule has 15 heteroatoms. The largest absolute Gasteiger partial charge is 0.443 e. The van der Waals surface area contributed by atoms with Gasteiger partial charge in [0.25, 0.3) is 0 Å². The van der Waals surface area contributed by atoms with Gasteiger partial charge in [-0.1, -0.05) is 0 Å². The summed E-state index contributed by atoms with van der Waals surface area (Å²) in [7, 11) is 3.36. The minimum atomic E-state index is -3.63. The van der Waals surface area contributed by atoms with Crippen molar-refractivity contribution in [1.29, 1.82) is 0 Å². The molecule has 2 aromatic heterocycles. The third kappa shape index (κ3) is 4.04. The Hall–Kier alpha value is -3.50. The number of aromatic nitrogens is 4. The van der Waals surface area contributed by atoms with E-state index in [0.717, 1.165) is 27.0 Å². The molecule has 0 saturated carbocycles. The maximum absolute atomic E-state index is 12.8. The van der Waals surface area contributed by atoms with Crippen molar-refractivity contribution in [2.24, 2.45) is 0 Å². The molecule has 1 fully saturated rings. The van der Waals surface area contributed by atoms with Gasteiger partial charge in [0.05, 0.1) is 12.4 Å². The van der Waals surface area contributed by atoms with Gasteiger partial charge in [-0.25, -0.2) is 9.97 Å². The van der Waals surface area contributed by atoms with E-state index >= 15 is 0 Å². The van der Waals surface area contributed by atoms with Gasteiger partial charge in [-0.05, 0) is 27.7 Å². The fourth-order valence-electron chi connectivity index (χ4n) is 4.21. The second kappa shape index (κ2) is 9.42. The average molecular weight is 521 g/mol. The maximum Gasteiger partial charge on any atom is 0.242 e. The maximum atomic E-state index is 12.8. The lowest BCUT2D eigenvalue weighted by atomic mass is 9.60. The average Bonchev–Trinajstić information content (AvgIpc) is 2.82. The molecule has 1 saturated heterocycles. The number of rotatable bonds is 8. The molecule has 200 valence electrons. The number of hydrogen-bond acceptors (Lipinski definition) is 15. The Kier molecular flexibility index (Phi) is 7.15. The first-order valence-electron chi connectivity index (χ1n) is 10.9. The molecule has 3 heterocycles. The van der Waals surface area contributed by atoms with Gasteiger partial charge in [-0.15, -0.1) is 0 Å². The molecule has 3 rings (SSSR count). The van der Waals surface area contributed by atoms with E-state index in [9.17, 15) is 39.6 Å². The lowest BCUT2D eigenvalue weighted by Gasteiger charge is -2.57. The molecule has 0 bridgehead atoms. The van der Waals surface area contributed by atoms with Crippen molar-refractivity contribution in [2.75, 3.05) is 19.0 Å². The fourth-order valence-corrected chi connectivity index (χ4v) is 4.21. The zero-order chi connectivity index (χ0) is 28.1. The summed E-state index contributed by atoms with van der Waals surface area (Å²) in [6.07, 6.45) is -4.62. The summed E-state index contributed by atoms with van der Waals surface area (Å²) in [5.74, 6) is -5.38. The van der Waals surface area contributed by atoms with Crippen LogP contribution in [0.5, 0.6) is 5.88 Å². The monoisotopic (exact) mass is 521 g/mol. The molecule has 0 radical (unpaired) electrons. The third-order valence-electron chi connectivity index (χ3n) is 6.31. The van der Waals surface area contributed by atoms with Gasteiger partial charge in [0.2, 0.25) is 29.3 Å². The molecule has 6 atom stereocenters. The first-order valence-corrected chi connectivity index (χ1v) is 10.9. The molecular formula is C22H27N5O10. The summed E-state index contributed by atoms with van der Waals surface area (Å²) < 4.78 is 11.0. The first kappa shape index (κ1) is 28.1. The second-order valence-electron chi connectivity index (χ2n) is 8.96. The Morgan fingerprint density at radius 1 is 0.946 bits per heavy atom. The van der Waals surface area contributed by atoms with E-state index in [1.807, 2.05) is 0 Å². The van der Waals surface area contributed by atoms with Crippen LogP contribution in [0, 0.1) is 0 Å². The normalized spacial score (nSPS) is 30.4. The molecule has 0 amide bonds. The van der Waals surface area contributed by atoms with E-state index in [-0.39, 0.29) is 17.1 Å². The van der Waals surface area contributed by atoms with Crippen LogP contribution >= 0.6 is 0 Å². The van der Waals surface area contributed by atoms with Crippen LogP contribution in [0.15, 0.2) is 12.4 Å². The molecule has 37 heavy (non-hydrogen) atoms. The van der Waals surface area contributed by atoms with E-state index in [2.05, 4.69) is 19.9 Å². The van der Waals surface area contributed by atoms with Crippen LogP contribution in [0.25, 0.3) is 11.2 Å². The van der Waals surface area contributed by atoms with Crippen LogP contribution < -0.4 is 9.64 Å². The van der Waals surface area contributed by atoms with Gasteiger partial charge in [0.15, 0.2) is 34.4 Å². The summed E-state index contributed by atoms with van der Waals surface area (Å²) in [6.45, 7) is 3.05. The van der Waals surface area contributed by atoms with Crippen molar-refractivity contribution >= 4 is 40.2 Å². The van der Waals surface area contributed by atoms with E-state index in [1.54, 1.807) is 19.0 Å². The molecule has 1 aliphatic rings. The van der Waals surface area contributed by atoms with E-state index in [1.165, 1.54) is 6.20 Å². The lowest BCUT2D eigenvalue weighted by molar-refractivity contribution is -0.358. The number of nitrogens with zero attached hydrogens (tertiary/aromatic N) is 5. The number of hydrogen-bond donors (Lipinski definition) is 4. The Labute approximate surface area is 210 Å². The molecule has 15 nitrogen and oxygen atoms in total. The van der Waals surface area contributed by atoms with Crippen molar-refractivity contribution in [3.05, 3.63) is 12.4 Å². The van der Waals surface area contributed by atoms with Crippen molar-refractivity contribution in [3.63, 3.8) is 0 Å². The van der Waals surface area contributed by atoms with Gasteiger partial charge in [-0.3, -0.25) is 19.2 Å². The number of aliphatic hydroxyl groups excluding tert-OH is 1. The Morgan fingerprint density at radius 2 is 1.54 bits per heavy atom. The topological polar surface area (TPSA) is 222 Å². The Morgan fingerprint density at radius 3 is 2.03 bits per heavy atom. The van der Waals surface area contributed by atoms with Crippen LogP contribution in [0.4, 0.5) is 5.95 Å². The summed E-state index contributed by atoms with van der Waals surface area (Å²) in [6, 6.07) is 0. The number of ether oxygens (including phenoxy) is 2. The summed E-state index contributed by atoms with van der Waals surface area (Å²) >= 11 is 0.